The summed E-state index contributed by atoms with van der Waals surface area (Å²) in [6.07, 6.45) is -8.25. The van der Waals surface area contributed by atoms with Crippen molar-refractivity contribution in [3.8, 4) is 22.3 Å². The molecule has 0 atom stereocenters. The highest BCUT2D eigenvalue weighted by atomic mass is 19.3. The largest absolute Gasteiger partial charge is 0.389 e. The average molecular weight is 394 g/mol. The number of halogens is 4. The summed E-state index contributed by atoms with van der Waals surface area (Å²) >= 11 is 0. The van der Waals surface area contributed by atoms with Crippen LogP contribution in [-0.4, -0.2) is 0 Å². The fourth-order valence-corrected chi connectivity index (χ4v) is 4.09. The van der Waals surface area contributed by atoms with Crippen molar-refractivity contribution in [2.75, 3.05) is 0 Å². The standard InChI is InChI=1S/C24H14F4O/c25-23(26)21-19(15-9-3-1-4-10-15)17-13-7-8-14-18(17)20(16-11-5-2-6-12-16)22(21)24(27,28)29-23/h1-14H. The van der Waals surface area contributed by atoms with Crippen LogP contribution in [0.2, 0.25) is 0 Å². The summed E-state index contributed by atoms with van der Waals surface area (Å²) in [4.78, 5) is 0. The molecule has 0 bridgehead atoms. The molecule has 4 aromatic rings. The normalized spacial score (nSPS) is 16.7. The summed E-state index contributed by atoms with van der Waals surface area (Å²) in [7, 11) is 0. The number of hydrogen-bond acceptors (Lipinski definition) is 1. The molecule has 0 amide bonds. The van der Waals surface area contributed by atoms with E-state index in [0.717, 1.165) is 0 Å². The van der Waals surface area contributed by atoms with Gasteiger partial charge in [-0.3, -0.25) is 0 Å². The van der Waals surface area contributed by atoms with Crippen LogP contribution in [0.5, 0.6) is 0 Å². The predicted molar refractivity (Wildman–Crippen MR) is 104 cm³/mol. The van der Waals surface area contributed by atoms with Crippen LogP contribution < -0.4 is 0 Å². The second-order valence-electron chi connectivity index (χ2n) is 6.91. The van der Waals surface area contributed by atoms with E-state index in [2.05, 4.69) is 4.74 Å². The third-order valence-electron chi connectivity index (χ3n) is 5.18. The molecule has 0 saturated heterocycles. The molecule has 0 N–H and O–H groups in total. The van der Waals surface area contributed by atoms with Crippen LogP contribution in [0.1, 0.15) is 11.1 Å². The Hall–Kier alpha value is -3.18. The first-order valence-electron chi connectivity index (χ1n) is 9.06. The quantitative estimate of drug-likeness (QED) is 0.324. The van der Waals surface area contributed by atoms with Gasteiger partial charge < -0.3 is 0 Å². The molecule has 144 valence electrons. The lowest BCUT2D eigenvalue weighted by atomic mass is 9.83. The van der Waals surface area contributed by atoms with Crippen molar-refractivity contribution in [1.82, 2.24) is 0 Å². The van der Waals surface area contributed by atoms with Crippen LogP contribution in [0, 0.1) is 0 Å². The van der Waals surface area contributed by atoms with Gasteiger partial charge in [0.2, 0.25) is 0 Å². The minimum atomic E-state index is -4.13. The number of fused-ring (bicyclic) bond motifs is 2. The second kappa shape index (κ2) is 6.16. The molecule has 0 spiro atoms. The summed E-state index contributed by atoms with van der Waals surface area (Å²) in [5, 5.41) is 0.939. The summed E-state index contributed by atoms with van der Waals surface area (Å²) in [5.74, 6) is 0. The Morgan fingerprint density at radius 1 is 0.483 bits per heavy atom. The lowest BCUT2D eigenvalue weighted by Crippen LogP contribution is -2.18. The summed E-state index contributed by atoms with van der Waals surface area (Å²) in [6.45, 7) is 0. The Bertz CT molecular complexity index is 1120. The molecule has 4 aromatic carbocycles. The van der Waals surface area contributed by atoms with E-state index in [1.54, 1.807) is 84.9 Å². The molecule has 5 heteroatoms. The van der Waals surface area contributed by atoms with Crippen molar-refractivity contribution >= 4 is 10.8 Å². The van der Waals surface area contributed by atoms with Gasteiger partial charge in [0.05, 0.1) is 11.1 Å². The number of benzene rings is 4. The Balaban J connectivity index is 2.04. The van der Waals surface area contributed by atoms with E-state index in [9.17, 15) is 17.6 Å². The lowest BCUT2D eigenvalue weighted by Gasteiger charge is -2.20. The van der Waals surface area contributed by atoms with E-state index in [0.29, 0.717) is 21.9 Å². The molecule has 29 heavy (non-hydrogen) atoms. The van der Waals surface area contributed by atoms with Crippen molar-refractivity contribution in [3.63, 3.8) is 0 Å². The third kappa shape index (κ3) is 2.65. The van der Waals surface area contributed by atoms with Crippen molar-refractivity contribution < 1.29 is 22.3 Å². The van der Waals surface area contributed by atoms with Crippen LogP contribution in [0.15, 0.2) is 84.9 Å². The maximum atomic E-state index is 14.9. The topological polar surface area (TPSA) is 9.23 Å². The van der Waals surface area contributed by atoms with Gasteiger partial charge in [0.15, 0.2) is 0 Å². The molecule has 1 aliphatic rings. The monoisotopic (exact) mass is 394 g/mol. The Morgan fingerprint density at radius 3 is 1.21 bits per heavy atom. The predicted octanol–water partition coefficient (Wildman–Crippen LogP) is 7.30. The summed E-state index contributed by atoms with van der Waals surface area (Å²) < 4.78 is 63.6. The molecule has 0 fully saturated rings. The maximum absolute atomic E-state index is 14.9. The minimum absolute atomic E-state index is 0.0676. The van der Waals surface area contributed by atoms with E-state index in [1.807, 2.05) is 0 Å². The van der Waals surface area contributed by atoms with Gasteiger partial charge in [-0.1, -0.05) is 84.9 Å². The molecule has 1 nitrogen and oxygen atoms in total. The second-order valence-corrected chi connectivity index (χ2v) is 6.91. The Kier molecular flexibility index (Phi) is 3.80. The highest BCUT2D eigenvalue weighted by molar-refractivity contribution is 6.08. The molecule has 1 aliphatic heterocycles. The van der Waals surface area contributed by atoms with Crippen LogP contribution in [0.25, 0.3) is 33.0 Å². The highest BCUT2D eigenvalue weighted by Crippen LogP contribution is 2.59. The van der Waals surface area contributed by atoms with Crippen LogP contribution >= 0.6 is 0 Å². The fourth-order valence-electron chi connectivity index (χ4n) is 4.09. The number of alkyl halides is 4. The van der Waals surface area contributed by atoms with Gasteiger partial charge in [-0.15, -0.1) is 0 Å². The Labute approximate surface area is 164 Å². The van der Waals surface area contributed by atoms with Gasteiger partial charge in [0, 0.05) is 11.1 Å². The van der Waals surface area contributed by atoms with Crippen LogP contribution in [0.3, 0.4) is 0 Å². The van der Waals surface area contributed by atoms with Gasteiger partial charge in [0.25, 0.3) is 0 Å². The number of rotatable bonds is 2. The van der Waals surface area contributed by atoms with Crippen molar-refractivity contribution in [3.05, 3.63) is 96.1 Å². The average Bonchev–Trinajstić information content (AvgIpc) is 2.91. The van der Waals surface area contributed by atoms with E-state index in [1.165, 1.54) is 0 Å². The minimum Gasteiger partial charge on any atom is -0.247 e. The van der Waals surface area contributed by atoms with E-state index in [-0.39, 0.29) is 11.1 Å². The van der Waals surface area contributed by atoms with Crippen molar-refractivity contribution in [2.45, 2.75) is 12.2 Å². The Morgan fingerprint density at radius 2 is 0.828 bits per heavy atom. The molecule has 0 saturated carbocycles. The molecule has 0 aliphatic carbocycles. The fraction of sp³-hybridized carbons (Fsp3) is 0.0833. The lowest BCUT2D eigenvalue weighted by molar-refractivity contribution is -0.369. The zero-order chi connectivity index (χ0) is 20.2. The zero-order valence-electron chi connectivity index (χ0n) is 15.0. The molecular formula is C24H14F4O. The highest BCUT2D eigenvalue weighted by Gasteiger charge is 2.60. The molecule has 0 aromatic heterocycles. The first-order chi connectivity index (χ1) is 13.9. The summed E-state index contributed by atoms with van der Waals surface area (Å²) in [5.41, 5.74) is -0.547. The number of ether oxygens (including phenoxy) is 1. The smallest absolute Gasteiger partial charge is 0.247 e. The molecule has 0 radical (unpaired) electrons. The molecular weight excluding hydrogens is 380 g/mol. The van der Waals surface area contributed by atoms with Gasteiger partial charge >= 0.3 is 12.2 Å². The van der Waals surface area contributed by atoms with Gasteiger partial charge in [-0.2, -0.15) is 17.6 Å². The SMILES string of the molecule is FC1(F)OC(F)(F)c2c1c(-c1ccccc1)c1ccccc1c2-c1ccccc1. The first kappa shape index (κ1) is 17.9. The van der Waals surface area contributed by atoms with E-state index >= 15 is 0 Å². The molecule has 0 unspecified atom stereocenters. The van der Waals surface area contributed by atoms with Gasteiger partial charge in [-0.05, 0) is 21.9 Å². The number of hydrogen-bond donors (Lipinski definition) is 0. The third-order valence-corrected chi connectivity index (χ3v) is 5.18. The molecule has 5 rings (SSSR count). The van der Waals surface area contributed by atoms with Crippen molar-refractivity contribution in [2.24, 2.45) is 0 Å². The van der Waals surface area contributed by atoms with Gasteiger partial charge in [0.1, 0.15) is 0 Å². The summed E-state index contributed by atoms with van der Waals surface area (Å²) in [6, 6.07) is 23.6. The van der Waals surface area contributed by atoms with Crippen LogP contribution in [-0.2, 0) is 17.0 Å². The van der Waals surface area contributed by atoms with Crippen LogP contribution in [0.4, 0.5) is 17.6 Å². The van der Waals surface area contributed by atoms with Gasteiger partial charge in [-0.25, -0.2) is 4.74 Å². The van der Waals surface area contributed by atoms with Crippen molar-refractivity contribution in [1.29, 1.82) is 0 Å². The van der Waals surface area contributed by atoms with E-state index < -0.39 is 23.3 Å². The molecule has 1 heterocycles. The van der Waals surface area contributed by atoms with E-state index in [4.69, 9.17) is 0 Å². The first-order valence-corrected chi connectivity index (χ1v) is 9.06. The maximum Gasteiger partial charge on any atom is 0.389 e. The zero-order valence-corrected chi connectivity index (χ0v) is 15.0.